The Kier molecular flexibility index (Phi) is 3.34. The van der Waals surface area contributed by atoms with Crippen LogP contribution in [0.4, 0.5) is 4.39 Å². The Hall–Kier alpha value is -2.74. The molecule has 0 aliphatic carbocycles. The minimum absolute atomic E-state index is 0.195. The highest BCUT2D eigenvalue weighted by molar-refractivity contribution is 6.11. The van der Waals surface area contributed by atoms with Crippen LogP contribution in [-0.4, -0.2) is 4.98 Å². The van der Waals surface area contributed by atoms with E-state index in [1.807, 2.05) is 37.4 Å². The lowest BCUT2D eigenvalue weighted by Crippen LogP contribution is -1.91. The van der Waals surface area contributed by atoms with E-state index < -0.39 is 0 Å². The summed E-state index contributed by atoms with van der Waals surface area (Å²) < 4.78 is 14.7. The zero-order chi connectivity index (χ0) is 16.8. The Morgan fingerprint density at radius 1 is 0.667 bits per heavy atom. The molecule has 0 aliphatic rings. The van der Waals surface area contributed by atoms with Crippen LogP contribution in [0.25, 0.3) is 32.8 Å². The van der Waals surface area contributed by atoms with Crippen molar-refractivity contribution in [2.24, 2.45) is 0 Å². The summed E-state index contributed by atoms with van der Waals surface area (Å²) in [5.41, 5.74) is 5.29. The molecule has 0 saturated heterocycles. The van der Waals surface area contributed by atoms with Crippen LogP contribution in [0.1, 0.15) is 16.7 Å². The van der Waals surface area contributed by atoms with E-state index in [9.17, 15) is 4.39 Å². The molecule has 1 aromatic heterocycles. The number of pyridine rings is 1. The molecule has 3 aromatic carbocycles. The average molecular weight is 315 g/mol. The number of aromatic nitrogens is 1. The Balaban J connectivity index is 2.11. The van der Waals surface area contributed by atoms with E-state index in [0.29, 0.717) is 5.39 Å². The van der Waals surface area contributed by atoms with E-state index in [1.165, 1.54) is 11.1 Å². The molecule has 0 atom stereocenters. The van der Waals surface area contributed by atoms with Gasteiger partial charge in [0, 0.05) is 22.5 Å². The lowest BCUT2D eigenvalue weighted by Gasteiger charge is -2.11. The fourth-order valence-electron chi connectivity index (χ4n) is 3.49. The first-order valence-electron chi connectivity index (χ1n) is 8.09. The molecule has 0 aliphatic heterocycles. The largest absolute Gasteiger partial charge is 0.256 e. The third-order valence-electron chi connectivity index (χ3n) is 4.48. The van der Waals surface area contributed by atoms with E-state index in [0.717, 1.165) is 33.0 Å². The summed E-state index contributed by atoms with van der Waals surface area (Å²) in [4.78, 5) is 4.56. The van der Waals surface area contributed by atoms with Gasteiger partial charge in [-0.25, -0.2) is 4.39 Å². The molecule has 0 saturated carbocycles. The topological polar surface area (TPSA) is 12.9 Å². The van der Waals surface area contributed by atoms with Crippen molar-refractivity contribution in [2.45, 2.75) is 20.8 Å². The maximum Gasteiger partial charge on any atom is 0.131 e. The van der Waals surface area contributed by atoms with Crippen LogP contribution in [0.15, 0.2) is 54.7 Å². The fraction of sp³-hybridized carbons (Fsp3) is 0.136. The minimum atomic E-state index is -0.195. The van der Waals surface area contributed by atoms with E-state index in [4.69, 9.17) is 0 Å². The first kappa shape index (κ1) is 14.8. The van der Waals surface area contributed by atoms with Gasteiger partial charge in [-0.3, -0.25) is 4.98 Å². The molecule has 0 amide bonds. The molecule has 1 heterocycles. The summed E-state index contributed by atoms with van der Waals surface area (Å²) in [6.07, 6.45) is 1.81. The SMILES string of the molecule is Cc1cc(C)cc(-c2nccc3c2cc(F)c2cc(C)ccc23)c1. The van der Waals surface area contributed by atoms with Crippen molar-refractivity contribution >= 4 is 21.5 Å². The molecule has 24 heavy (non-hydrogen) atoms. The van der Waals surface area contributed by atoms with Gasteiger partial charge in [0.05, 0.1) is 5.69 Å². The van der Waals surface area contributed by atoms with Crippen molar-refractivity contribution in [2.75, 3.05) is 0 Å². The summed E-state index contributed by atoms with van der Waals surface area (Å²) in [5.74, 6) is -0.195. The minimum Gasteiger partial charge on any atom is -0.256 e. The van der Waals surface area contributed by atoms with Gasteiger partial charge in [-0.2, -0.15) is 0 Å². The number of fused-ring (bicyclic) bond motifs is 3. The highest BCUT2D eigenvalue weighted by atomic mass is 19.1. The van der Waals surface area contributed by atoms with Crippen LogP contribution >= 0.6 is 0 Å². The Morgan fingerprint density at radius 2 is 1.38 bits per heavy atom. The standard InChI is InChI=1S/C22H18FN/c1-13-4-5-17-18-6-7-24-22(16-9-14(2)8-15(3)10-16)20(18)12-21(23)19(17)11-13/h4-12H,1-3H3. The van der Waals surface area contributed by atoms with Crippen molar-refractivity contribution < 1.29 is 4.39 Å². The predicted molar refractivity (Wildman–Crippen MR) is 98.9 cm³/mol. The lowest BCUT2D eigenvalue weighted by molar-refractivity contribution is 0.641. The van der Waals surface area contributed by atoms with Crippen LogP contribution in [0, 0.1) is 26.6 Å². The van der Waals surface area contributed by atoms with Gasteiger partial charge in [0.1, 0.15) is 5.82 Å². The summed E-state index contributed by atoms with van der Waals surface area (Å²) in [6, 6.07) is 15.9. The maximum absolute atomic E-state index is 14.7. The normalized spacial score (nSPS) is 11.3. The van der Waals surface area contributed by atoms with Crippen molar-refractivity contribution in [3.8, 4) is 11.3 Å². The number of nitrogens with zero attached hydrogens (tertiary/aromatic N) is 1. The number of halogens is 1. The van der Waals surface area contributed by atoms with Gasteiger partial charge in [0.25, 0.3) is 0 Å². The molecular formula is C22H18FN. The molecule has 0 fully saturated rings. The monoisotopic (exact) mass is 315 g/mol. The molecule has 0 bridgehead atoms. The highest BCUT2D eigenvalue weighted by Gasteiger charge is 2.12. The second kappa shape index (κ2) is 5.41. The molecule has 4 rings (SSSR count). The smallest absolute Gasteiger partial charge is 0.131 e. The third-order valence-corrected chi connectivity index (χ3v) is 4.48. The van der Waals surface area contributed by atoms with Crippen molar-refractivity contribution in [1.82, 2.24) is 4.98 Å². The Morgan fingerprint density at radius 3 is 2.12 bits per heavy atom. The van der Waals surface area contributed by atoms with E-state index in [1.54, 1.807) is 6.07 Å². The first-order valence-corrected chi connectivity index (χ1v) is 8.09. The number of aryl methyl sites for hydroxylation is 3. The van der Waals surface area contributed by atoms with Gasteiger partial charge < -0.3 is 0 Å². The summed E-state index contributed by atoms with van der Waals surface area (Å²) in [5, 5.41) is 3.50. The zero-order valence-electron chi connectivity index (χ0n) is 14.0. The van der Waals surface area contributed by atoms with Crippen LogP contribution in [0.3, 0.4) is 0 Å². The van der Waals surface area contributed by atoms with Crippen LogP contribution < -0.4 is 0 Å². The summed E-state index contributed by atoms with van der Waals surface area (Å²) in [7, 11) is 0. The quantitative estimate of drug-likeness (QED) is 0.386. The Bertz CT molecular complexity index is 1080. The number of hydrogen-bond donors (Lipinski definition) is 0. The lowest BCUT2D eigenvalue weighted by atomic mass is 9.96. The van der Waals surface area contributed by atoms with Crippen molar-refractivity contribution in [1.29, 1.82) is 0 Å². The second-order valence-electron chi connectivity index (χ2n) is 6.54. The molecule has 0 unspecified atom stereocenters. The zero-order valence-corrected chi connectivity index (χ0v) is 14.0. The van der Waals surface area contributed by atoms with Gasteiger partial charge in [0.2, 0.25) is 0 Å². The number of benzene rings is 3. The molecule has 4 aromatic rings. The van der Waals surface area contributed by atoms with Gasteiger partial charge in [-0.1, -0.05) is 34.9 Å². The van der Waals surface area contributed by atoms with Gasteiger partial charge in [-0.15, -0.1) is 0 Å². The van der Waals surface area contributed by atoms with Crippen LogP contribution in [0.5, 0.6) is 0 Å². The molecule has 1 nitrogen and oxygen atoms in total. The molecule has 0 spiro atoms. The third kappa shape index (κ3) is 2.35. The summed E-state index contributed by atoms with van der Waals surface area (Å²) >= 11 is 0. The highest BCUT2D eigenvalue weighted by Crippen LogP contribution is 2.34. The van der Waals surface area contributed by atoms with Gasteiger partial charge in [-0.05, 0) is 61.9 Å². The second-order valence-corrected chi connectivity index (χ2v) is 6.54. The average Bonchev–Trinajstić information content (AvgIpc) is 2.54. The summed E-state index contributed by atoms with van der Waals surface area (Å²) in [6.45, 7) is 6.12. The van der Waals surface area contributed by atoms with Crippen molar-refractivity contribution in [3.63, 3.8) is 0 Å². The molecule has 0 radical (unpaired) electrons. The molecule has 118 valence electrons. The first-order chi connectivity index (χ1) is 11.5. The maximum atomic E-state index is 14.7. The van der Waals surface area contributed by atoms with Gasteiger partial charge >= 0.3 is 0 Å². The van der Waals surface area contributed by atoms with Crippen molar-refractivity contribution in [3.05, 3.63) is 77.2 Å². The van der Waals surface area contributed by atoms with Gasteiger partial charge in [0.15, 0.2) is 0 Å². The number of rotatable bonds is 1. The number of hydrogen-bond acceptors (Lipinski definition) is 1. The van der Waals surface area contributed by atoms with E-state index in [-0.39, 0.29) is 5.82 Å². The predicted octanol–water partition coefficient (Wildman–Crippen LogP) is 6.12. The van der Waals surface area contributed by atoms with E-state index >= 15 is 0 Å². The van der Waals surface area contributed by atoms with E-state index in [2.05, 4.69) is 37.0 Å². The molecular weight excluding hydrogens is 297 g/mol. The molecule has 2 heteroatoms. The van der Waals surface area contributed by atoms with Crippen LogP contribution in [0.2, 0.25) is 0 Å². The molecule has 0 N–H and O–H groups in total. The Labute approximate surface area is 140 Å². The van der Waals surface area contributed by atoms with Crippen LogP contribution in [-0.2, 0) is 0 Å². The fourth-order valence-corrected chi connectivity index (χ4v) is 3.49.